The molecule has 0 aliphatic rings. The van der Waals surface area contributed by atoms with Gasteiger partial charge in [0.2, 0.25) is 0 Å². The van der Waals surface area contributed by atoms with Crippen LogP contribution in [0.3, 0.4) is 0 Å². The van der Waals surface area contributed by atoms with Crippen molar-refractivity contribution in [2.75, 3.05) is 13.1 Å². The Morgan fingerprint density at radius 3 is 1.50 bits per heavy atom. The van der Waals surface area contributed by atoms with Crippen LogP contribution in [0, 0.1) is 0 Å². The number of nitrogens with zero attached hydrogens (tertiary/aromatic N) is 1. The Morgan fingerprint density at radius 1 is 0.944 bits per heavy atom. The average Bonchev–Trinajstić information content (AvgIpc) is 2.32. The molecule has 0 spiro atoms. The largest absolute Gasteiger partial charge is 0.444 e. The lowest BCUT2D eigenvalue weighted by Gasteiger charge is -2.26. The van der Waals surface area contributed by atoms with Crippen molar-refractivity contribution in [1.29, 1.82) is 0 Å². The van der Waals surface area contributed by atoms with E-state index in [1.807, 2.05) is 48.5 Å². The molecule has 0 unspecified atom stereocenters. The zero-order valence-electron chi connectivity index (χ0n) is 14.1. The van der Waals surface area contributed by atoms with Crippen molar-refractivity contribution in [1.82, 2.24) is 4.90 Å². The van der Waals surface area contributed by atoms with Gasteiger partial charge in [0.25, 0.3) is 0 Å². The van der Waals surface area contributed by atoms with Gasteiger partial charge in [-0.2, -0.15) is 0 Å². The van der Waals surface area contributed by atoms with E-state index in [0.29, 0.717) is 0 Å². The summed E-state index contributed by atoms with van der Waals surface area (Å²) in [4.78, 5) is 13.4. The standard InChI is InChI=1S/C11H23NO2.2C2H6/c1-6-8-12(9-7-2)10(13)14-11(3,4)5;2*1-2/h6-9H2,1-5H3;2*1-2H3. The molecular weight excluding hydrogens is 226 g/mol. The summed E-state index contributed by atoms with van der Waals surface area (Å²) in [5.74, 6) is 0. The summed E-state index contributed by atoms with van der Waals surface area (Å²) in [6, 6.07) is 0. The number of carbonyl (C=O) groups excluding carboxylic acids is 1. The first-order valence-corrected chi connectivity index (χ1v) is 7.38. The molecule has 0 aliphatic carbocycles. The first kappa shape index (κ1) is 22.5. The van der Waals surface area contributed by atoms with Crippen LogP contribution in [0.5, 0.6) is 0 Å². The summed E-state index contributed by atoms with van der Waals surface area (Å²) in [6.07, 6.45) is 1.75. The van der Waals surface area contributed by atoms with E-state index in [2.05, 4.69) is 13.8 Å². The van der Waals surface area contributed by atoms with Gasteiger partial charge in [0.1, 0.15) is 5.60 Å². The zero-order chi connectivity index (χ0) is 15.2. The third kappa shape index (κ3) is 15.3. The Morgan fingerprint density at radius 2 is 1.28 bits per heavy atom. The maximum atomic E-state index is 11.6. The van der Waals surface area contributed by atoms with E-state index >= 15 is 0 Å². The maximum absolute atomic E-state index is 11.6. The number of rotatable bonds is 4. The van der Waals surface area contributed by atoms with Gasteiger partial charge in [0.05, 0.1) is 0 Å². The molecule has 0 aliphatic heterocycles. The van der Waals surface area contributed by atoms with Crippen LogP contribution in [-0.2, 0) is 4.74 Å². The second-order valence-corrected chi connectivity index (χ2v) is 4.47. The molecule has 0 saturated carbocycles. The van der Waals surface area contributed by atoms with Crippen LogP contribution < -0.4 is 0 Å². The molecule has 3 heteroatoms. The number of hydrogen-bond donors (Lipinski definition) is 0. The summed E-state index contributed by atoms with van der Waals surface area (Å²) in [5.41, 5.74) is -0.392. The van der Waals surface area contributed by atoms with Gasteiger partial charge in [-0.05, 0) is 33.6 Å². The fraction of sp³-hybridized carbons (Fsp3) is 0.933. The quantitative estimate of drug-likeness (QED) is 0.705. The molecule has 0 saturated heterocycles. The average molecular weight is 261 g/mol. The highest BCUT2D eigenvalue weighted by Crippen LogP contribution is 2.10. The smallest absolute Gasteiger partial charge is 0.410 e. The predicted octanol–water partition coefficient (Wildman–Crippen LogP) is 5.10. The van der Waals surface area contributed by atoms with Gasteiger partial charge in [0.15, 0.2) is 0 Å². The fourth-order valence-corrected chi connectivity index (χ4v) is 1.16. The number of carbonyl (C=O) groups is 1. The van der Waals surface area contributed by atoms with Crippen molar-refractivity contribution in [2.24, 2.45) is 0 Å². The lowest BCUT2D eigenvalue weighted by Crippen LogP contribution is -2.37. The summed E-state index contributed by atoms with van der Waals surface area (Å²) >= 11 is 0. The van der Waals surface area contributed by atoms with Crippen LogP contribution in [-0.4, -0.2) is 29.7 Å². The van der Waals surface area contributed by atoms with Crippen LogP contribution >= 0.6 is 0 Å². The molecule has 0 aromatic heterocycles. The van der Waals surface area contributed by atoms with E-state index in [9.17, 15) is 4.79 Å². The second-order valence-electron chi connectivity index (χ2n) is 4.47. The van der Waals surface area contributed by atoms with Crippen LogP contribution in [0.4, 0.5) is 4.79 Å². The van der Waals surface area contributed by atoms with Gasteiger partial charge < -0.3 is 9.64 Å². The minimum Gasteiger partial charge on any atom is -0.444 e. The van der Waals surface area contributed by atoms with Crippen molar-refractivity contribution in [2.45, 2.75) is 80.8 Å². The van der Waals surface area contributed by atoms with Gasteiger partial charge in [0, 0.05) is 13.1 Å². The molecule has 3 nitrogen and oxygen atoms in total. The number of hydrogen-bond acceptors (Lipinski definition) is 2. The molecule has 0 heterocycles. The molecule has 1 amide bonds. The van der Waals surface area contributed by atoms with Gasteiger partial charge >= 0.3 is 6.09 Å². The Kier molecular flexibility index (Phi) is 17.9. The third-order valence-corrected chi connectivity index (χ3v) is 1.64. The summed E-state index contributed by atoms with van der Waals surface area (Å²) < 4.78 is 5.29. The molecule has 18 heavy (non-hydrogen) atoms. The van der Waals surface area contributed by atoms with Gasteiger partial charge in [-0.3, -0.25) is 0 Å². The topological polar surface area (TPSA) is 29.5 Å². The van der Waals surface area contributed by atoms with E-state index in [1.165, 1.54) is 0 Å². The second kappa shape index (κ2) is 14.3. The summed E-state index contributed by atoms with van der Waals surface area (Å²) in [6.45, 7) is 19.4. The highest BCUT2D eigenvalue weighted by molar-refractivity contribution is 5.68. The molecule has 0 aromatic rings. The van der Waals surface area contributed by atoms with Crippen LogP contribution in [0.2, 0.25) is 0 Å². The highest BCUT2D eigenvalue weighted by atomic mass is 16.6. The first-order chi connectivity index (χ1) is 8.40. The van der Waals surface area contributed by atoms with Gasteiger partial charge in [-0.25, -0.2) is 4.79 Å². The molecule has 0 radical (unpaired) electrons. The minimum atomic E-state index is -0.392. The van der Waals surface area contributed by atoms with Crippen molar-refractivity contribution in [3.8, 4) is 0 Å². The fourth-order valence-electron chi connectivity index (χ4n) is 1.16. The Bertz CT molecular complexity index is 168. The van der Waals surface area contributed by atoms with E-state index in [0.717, 1.165) is 25.9 Å². The molecule has 0 aromatic carbocycles. The van der Waals surface area contributed by atoms with E-state index in [4.69, 9.17) is 4.74 Å². The van der Waals surface area contributed by atoms with E-state index in [-0.39, 0.29) is 6.09 Å². The van der Waals surface area contributed by atoms with Crippen molar-refractivity contribution in [3.63, 3.8) is 0 Å². The third-order valence-electron chi connectivity index (χ3n) is 1.64. The van der Waals surface area contributed by atoms with Crippen molar-refractivity contribution < 1.29 is 9.53 Å². The monoisotopic (exact) mass is 261 g/mol. The van der Waals surface area contributed by atoms with Gasteiger partial charge in [-0.1, -0.05) is 41.5 Å². The van der Waals surface area contributed by atoms with Crippen LogP contribution in [0.15, 0.2) is 0 Å². The van der Waals surface area contributed by atoms with Crippen LogP contribution in [0.1, 0.15) is 75.2 Å². The predicted molar refractivity (Wildman–Crippen MR) is 81.1 cm³/mol. The molecular formula is C15H35NO2. The lowest BCUT2D eigenvalue weighted by atomic mass is 10.2. The normalized spacial score (nSPS) is 9.39. The minimum absolute atomic E-state index is 0.193. The molecule has 0 rings (SSSR count). The molecule has 0 N–H and O–H groups in total. The lowest BCUT2D eigenvalue weighted by molar-refractivity contribution is 0.0250. The Balaban J connectivity index is -0.000000506. The molecule has 0 fully saturated rings. The van der Waals surface area contributed by atoms with Crippen molar-refractivity contribution >= 4 is 6.09 Å². The molecule has 0 atom stereocenters. The SMILES string of the molecule is CC.CC.CCCN(CCC)C(=O)OC(C)(C)C. The Hall–Kier alpha value is -0.730. The molecule has 0 bridgehead atoms. The first-order valence-electron chi connectivity index (χ1n) is 7.38. The van der Waals surface area contributed by atoms with Crippen molar-refractivity contribution in [3.05, 3.63) is 0 Å². The van der Waals surface area contributed by atoms with Gasteiger partial charge in [-0.15, -0.1) is 0 Å². The maximum Gasteiger partial charge on any atom is 0.410 e. The molecule has 112 valence electrons. The van der Waals surface area contributed by atoms with E-state index < -0.39 is 5.60 Å². The highest BCUT2D eigenvalue weighted by Gasteiger charge is 2.20. The summed E-state index contributed by atoms with van der Waals surface area (Å²) in [5, 5.41) is 0. The summed E-state index contributed by atoms with van der Waals surface area (Å²) in [7, 11) is 0. The van der Waals surface area contributed by atoms with E-state index in [1.54, 1.807) is 4.90 Å². The number of amides is 1. The zero-order valence-corrected chi connectivity index (χ0v) is 14.1. The number of ether oxygens (including phenoxy) is 1. The Labute approximate surface area is 115 Å². The van der Waals surface area contributed by atoms with Crippen LogP contribution in [0.25, 0.3) is 0 Å².